The van der Waals surface area contributed by atoms with E-state index in [1.807, 2.05) is 20.8 Å². The molecule has 0 amide bonds. The molecular formula is C47H111O10P33. The summed E-state index contributed by atoms with van der Waals surface area (Å²) >= 11 is 0. The van der Waals surface area contributed by atoms with Gasteiger partial charge in [0.05, 0.1) is 6.10 Å². The van der Waals surface area contributed by atoms with Crippen LogP contribution in [0.25, 0.3) is 0 Å². The highest BCUT2D eigenvalue weighted by Gasteiger charge is 2.70. The van der Waals surface area contributed by atoms with Gasteiger partial charge in [0.2, 0.25) is 0 Å². The van der Waals surface area contributed by atoms with Gasteiger partial charge in [-0.1, -0.05) is 68.0 Å². The second kappa shape index (κ2) is 43.3. The van der Waals surface area contributed by atoms with Gasteiger partial charge in [-0.05, 0) is 199 Å². The van der Waals surface area contributed by atoms with Crippen LogP contribution in [0.5, 0.6) is 0 Å². The Morgan fingerprint density at radius 2 is 0.878 bits per heavy atom. The lowest BCUT2D eigenvalue weighted by atomic mass is 9.44. The van der Waals surface area contributed by atoms with Gasteiger partial charge in [-0.3, -0.25) is 14.4 Å². The van der Waals surface area contributed by atoms with Crippen molar-refractivity contribution in [3.8, 4) is 0 Å². The van der Waals surface area contributed by atoms with E-state index in [1.54, 1.807) is 12.2 Å². The summed E-state index contributed by atoms with van der Waals surface area (Å²) in [7, 11) is 57.4. The Morgan fingerprint density at radius 3 is 1.21 bits per heavy atom. The summed E-state index contributed by atoms with van der Waals surface area (Å²) in [6.07, 6.45) is 8.41. The fraction of sp³-hybridized carbons (Fsp3) is 0.809. The minimum absolute atomic E-state index is 0. The van der Waals surface area contributed by atoms with Gasteiger partial charge >= 0.3 is 11.9 Å². The first-order valence-corrected chi connectivity index (χ1v) is 88.0. The zero-order valence-corrected chi connectivity index (χ0v) is 87.0. The number of hydrogen-bond donors (Lipinski definition) is 3. The van der Waals surface area contributed by atoms with Gasteiger partial charge in [0.25, 0.3) is 0 Å². The van der Waals surface area contributed by atoms with Crippen LogP contribution in [-0.4, -0.2) is 89.5 Å². The van der Waals surface area contributed by atoms with Gasteiger partial charge in [0, 0.05) is 58.7 Å². The van der Waals surface area contributed by atoms with Crippen LogP contribution < -0.4 is 0 Å². The van der Waals surface area contributed by atoms with E-state index in [-0.39, 0.29) is 176 Å². The van der Waals surface area contributed by atoms with Crippen LogP contribution in [-0.2, 0) is 33.4 Å². The van der Waals surface area contributed by atoms with Gasteiger partial charge in [0.15, 0.2) is 0 Å². The minimum atomic E-state index is -0.832. The Hall–Kier alpha value is 11.5. The highest BCUT2D eigenvalue weighted by Crippen LogP contribution is 3.39. The van der Waals surface area contributed by atoms with E-state index < -0.39 is 65.1 Å². The van der Waals surface area contributed by atoms with Crippen LogP contribution in [0.3, 0.4) is 0 Å². The first-order chi connectivity index (χ1) is 41.0. The molecule has 6 fully saturated rings. The van der Waals surface area contributed by atoms with Gasteiger partial charge in [0.1, 0.15) is 42.8 Å². The van der Waals surface area contributed by atoms with Crippen molar-refractivity contribution in [2.75, 3.05) is 26.5 Å². The molecule has 0 aromatic heterocycles. The van der Waals surface area contributed by atoms with Crippen molar-refractivity contribution in [1.29, 1.82) is 0 Å². The lowest BCUT2D eigenvalue weighted by molar-refractivity contribution is -0.207. The van der Waals surface area contributed by atoms with Crippen molar-refractivity contribution < 1.29 is 48.8 Å². The quantitative estimate of drug-likeness (QED) is 0.0607. The monoisotopic (exact) mass is 1860 g/mol. The van der Waals surface area contributed by atoms with Crippen LogP contribution in [0.4, 0.5) is 0 Å². The number of carbonyl (C=O) groups excluding carboxylic acids is 5. The van der Waals surface area contributed by atoms with Crippen molar-refractivity contribution in [3.05, 3.63) is 25.3 Å². The van der Waals surface area contributed by atoms with Crippen LogP contribution in [0.2, 0.25) is 0 Å². The largest absolute Gasteiger partial charge is 0.460 e. The summed E-state index contributed by atoms with van der Waals surface area (Å²) in [5, 5.41) is 29.9. The van der Waals surface area contributed by atoms with E-state index in [0.717, 1.165) is 47.1 Å². The summed E-state index contributed by atoms with van der Waals surface area (Å²) in [4.78, 5) is 63.8. The van der Waals surface area contributed by atoms with Crippen LogP contribution >= 0.6 is 265 Å². The molecule has 6 aliphatic rings. The third-order valence-corrected chi connectivity index (χ3v) is 233. The SMILES string of the molecule is C.C=C[C@]1(C)C[C@@H](OC(=O)CO)[C@]2(C)[C@H](C)CC[C@]3(CCC(=O)[C@H]32)[C@@H](C)C1=O.C=C[C@]1(C)C[C@@H](OC(=O)CO)[C@]2(C)[C@H](C)CC[C@]3(CCC(=O)[C@H]32)[C@@H](C)[C@@H]1O.CPC.PP(P)P(P)P(P(P)P)P(P(P(P)P)P(P)P)P(P(P(P)P)P(P)P)P(P(P)P)P(P)P. The molecule has 6 aliphatic carbocycles. The van der Waals surface area contributed by atoms with Crippen molar-refractivity contribution in [3.63, 3.8) is 0 Å². The predicted octanol–water partition coefficient (Wildman–Crippen LogP) is 26.0. The van der Waals surface area contributed by atoms with E-state index in [2.05, 4.69) is 213 Å². The minimum Gasteiger partial charge on any atom is -0.460 e. The molecule has 10 nitrogen and oxygen atoms in total. The Balaban J connectivity index is 0.000000448. The predicted molar refractivity (Wildman–Crippen MR) is 498 cm³/mol. The topological polar surface area (TPSA) is 164 Å². The molecule has 43 heteroatoms. The number of aliphatic hydroxyl groups is 3. The second-order valence-corrected chi connectivity index (χ2v) is 155. The fourth-order valence-corrected chi connectivity index (χ4v) is 430. The summed E-state index contributed by atoms with van der Waals surface area (Å²) in [5.41, 5.74) is -3.19. The summed E-state index contributed by atoms with van der Waals surface area (Å²) in [6.45, 7) is 26.6. The molecule has 0 aromatic carbocycles. The molecule has 0 radical (unpaired) electrons. The van der Waals surface area contributed by atoms with Crippen molar-refractivity contribution in [2.45, 2.75) is 145 Å². The summed E-state index contributed by atoms with van der Waals surface area (Å²) < 4.78 is 11.5. The van der Waals surface area contributed by atoms with E-state index in [0.29, 0.717) is 25.7 Å². The number of aliphatic hydroxyl groups excluding tert-OH is 3. The number of hydrogen-bond acceptors (Lipinski definition) is 10. The molecule has 35 atom stereocenters. The van der Waals surface area contributed by atoms with Gasteiger partial charge in [-0.2, -0.15) is 0 Å². The standard InChI is InChI=1S/C22H34O5.C22H32O5.C2H7P.CH4.H34P32/c2*1-6-20(4)11-16(27-17(25)12-23)21(5)13(2)7-9-22(14(3)19(20)26)10-8-15(24)18(21)22;1-3-2;;1-18(2)26(17)30(25(15)16)32(29(23(11)12)24(13)14)31(27(19(3)4)20(5)6)28(21(7)8)22(9)10/h6,13-14,16,18-19,23,26H,1,7-12H2,2-5H3;6,13-14,16,18,23H,1,7-12H2,2-5H3;3H,1-2H3;1H4;1-17H2/t13-,14+,16-,18+,19+,20-,21+,22+;13-,14+,16-,18+,20-,21+,22+;;;/m11.../s1. The first-order valence-electron chi connectivity index (χ1n) is 28.5. The van der Waals surface area contributed by atoms with Crippen molar-refractivity contribution >= 4 is 294 Å². The van der Waals surface area contributed by atoms with Gasteiger partial charge < -0.3 is 24.8 Å². The Bertz CT molecular complexity index is 2370. The molecule has 0 aromatic rings. The molecule has 524 valence electrons. The third kappa shape index (κ3) is 22.4. The maximum Gasteiger partial charge on any atom is 0.332 e. The number of esters is 2. The van der Waals surface area contributed by atoms with E-state index >= 15 is 0 Å². The summed E-state index contributed by atoms with van der Waals surface area (Å²) in [6, 6.07) is 0. The maximum atomic E-state index is 13.5. The molecule has 0 spiro atoms. The lowest BCUT2D eigenvalue weighted by Crippen LogP contribution is -2.63. The van der Waals surface area contributed by atoms with E-state index in [9.17, 15) is 39.3 Å². The normalized spacial score (nSPS) is 35.2. The molecule has 0 aliphatic heterocycles. The Kier molecular flexibility index (Phi) is 47.0. The highest BCUT2D eigenvalue weighted by atomic mass is 33.5. The Labute approximate surface area is 602 Å². The van der Waals surface area contributed by atoms with Gasteiger partial charge in [-0.15, -0.1) is 174 Å². The zero-order chi connectivity index (χ0) is 68.8. The zero-order valence-electron chi connectivity index (χ0n) is 53.0. The molecule has 6 rings (SSSR count). The van der Waals surface area contributed by atoms with Crippen molar-refractivity contribution in [1.82, 2.24) is 0 Å². The van der Waals surface area contributed by atoms with Crippen molar-refractivity contribution in [2.24, 2.45) is 68.0 Å². The summed E-state index contributed by atoms with van der Waals surface area (Å²) in [5.74, 6) is -1.31. The molecule has 4 bridgehead atoms. The fourth-order valence-electron chi connectivity index (χ4n) is 14.9. The number of ether oxygens (including phenoxy) is 2. The van der Waals surface area contributed by atoms with Crippen LogP contribution in [0, 0.1) is 68.0 Å². The van der Waals surface area contributed by atoms with Gasteiger partial charge in [-0.25, -0.2) is 9.59 Å². The number of ketones is 3. The molecule has 6 saturated carbocycles. The number of rotatable bonds is 20. The third-order valence-electron chi connectivity index (χ3n) is 19.8. The number of Topliss-reactive ketones (excluding diaryl/α,β-unsaturated/α-hetero) is 3. The molecular weight excluding hydrogens is 1750 g/mol. The lowest BCUT2D eigenvalue weighted by Gasteiger charge is -2.61. The van der Waals surface area contributed by atoms with E-state index in [1.165, 1.54) is 0 Å². The Morgan fingerprint density at radius 1 is 0.544 bits per heavy atom. The molecule has 3 N–H and O–H groups in total. The molecule has 20 unspecified atom stereocenters. The number of carbonyl (C=O) groups is 5. The molecule has 0 heterocycles. The van der Waals surface area contributed by atoms with E-state index in [4.69, 9.17) is 9.47 Å². The average molecular weight is 1860 g/mol. The van der Waals surface area contributed by atoms with Crippen LogP contribution in [0.15, 0.2) is 25.3 Å². The first kappa shape index (κ1) is 97.6. The average Bonchev–Trinajstić information content (AvgIpc) is 1.37. The maximum absolute atomic E-state index is 13.5. The number of allylic oxidation sites excluding steroid dienone is 1. The highest BCUT2D eigenvalue weighted by molar-refractivity contribution is 9.45. The smallest absolute Gasteiger partial charge is 0.332 e. The van der Waals surface area contributed by atoms with Crippen LogP contribution in [0.1, 0.15) is 127 Å². The second-order valence-electron chi connectivity index (χ2n) is 24.7. The molecule has 0 saturated heterocycles. The molecule has 90 heavy (non-hydrogen) atoms.